The number of halogens is 1. The Morgan fingerprint density at radius 1 is 1.12 bits per heavy atom. The van der Waals surface area contributed by atoms with Crippen molar-refractivity contribution in [3.8, 4) is 0 Å². The molecular formula is C19H21FN2O2. The zero-order valence-corrected chi connectivity index (χ0v) is 13.7. The number of benzene rings is 2. The highest BCUT2D eigenvalue weighted by Gasteiger charge is 2.16. The number of hydrogen-bond donors (Lipinski definition) is 0. The highest BCUT2D eigenvalue weighted by molar-refractivity contribution is 5.94. The van der Waals surface area contributed by atoms with Gasteiger partial charge < -0.3 is 14.5 Å². The van der Waals surface area contributed by atoms with Crippen LogP contribution in [0.2, 0.25) is 0 Å². The van der Waals surface area contributed by atoms with Gasteiger partial charge in [0.05, 0.1) is 18.8 Å². The summed E-state index contributed by atoms with van der Waals surface area (Å²) in [5.41, 5.74) is 2.27. The average Bonchev–Trinajstić information content (AvgIpc) is 2.63. The summed E-state index contributed by atoms with van der Waals surface area (Å²) in [4.78, 5) is 16.2. The van der Waals surface area contributed by atoms with E-state index >= 15 is 0 Å². The van der Waals surface area contributed by atoms with Gasteiger partial charge in [-0.15, -0.1) is 0 Å². The molecule has 1 heterocycles. The van der Waals surface area contributed by atoms with Crippen LogP contribution in [-0.2, 0) is 11.3 Å². The Labute approximate surface area is 141 Å². The molecule has 0 radical (unpaired) electrons. The summed E-state index contributed by atoms with van der Waals surface area (Å²) in [6.07, 6.45) is 0. The Kier molecular flexibility index (Phi) is 5.11. The lowest BCUT2D eigenvalue weighted by molar-refractivity contribution is 0.0780. The van der Waals surface area contributed by atoms with E-state index in [-0.39, 0.29) is 11.5 Å². The standard InChI is InChI=1S/C19H21FN2O2/c1-21(19(23)17-4-2-3-5-18(17)20)14-15-6-8-16(9-7-15)22-10-12-24-13-11-22/h2-9H,10-14H2,1H3. The Morgan fingerprint density at radius 3 is 2.46 bits per heavy atom. The third-order valence-electron chi connectivity index (χ3n) is 4.18. The first-order valence-corrected chi connectivity index (χ1v) is 8.07. The first-order chi connectivity index (χ1) is 11.6. The van der Waals surface area contributed by atoms with Gasteiger partial charge in [0.2, 0.25) is 0 Å². The highest BCUT2D eigenvalue weighted by Crippen LogP contribution is 2.18. The van der Waals surface area contributed by atoms with Crippen LogP contribution in [0.25, 0.3) is 0 Å². The lowest BCUT2D eigenvalue weighted by atomic mass is 10.1. The number of ether oxygens (including phenoxy) is 1. The van der Waals surface area contributed by atoms with Crippen LogP contribution in [0.1, 0.15) is 15.9 Å². The van der Waals surface area contributed by atoms with Gasteiger partial charge >= 0.3 is 0 Å². The molecule has 1 aliphatic heterocycles. The quantitative estimate of drug-likeness (QED) is 0.865. The van der Waals surface area contributed by atoms with Crippen LogP contribution in [0.3, 0.4) is 0 Å². The molecular weight excluding hydrogens is 307 g/mol. The van der Waals surface area contributed by atoms with Crippen LogP contribution in [0.15, 0.2) is 48.5 Å². The molecule has 0 N–H and O–H groups in total. The van der Waals surface area contributed by atoms with E-state index in [9.17, 15) is 9.18 Å². The lowest BCUT2D eigenvalue weighted by Gasteiger charge is -2.29. The monoisotopic (exact) mass is 328 g/mol. The fraction of sp³-hybridized carbons (Fsp3) is 0.316. The third-order valence-corrected chi connectivity index (χ3v) is 4.18. The SMILES string of the molecule is CN(Cc1ccc(N2CCOCC2)cc1)C(=O)c1ccccc1F. The van der Waals surface area contributed by atoms with Crippen LogP contribution < -0.4 is 4.90 Å². The molecule has 1 fully saturated rings. The van der Waals surface area contributed by atoms with Crippen molar-refractivity contribution in [2.45, 2.75) is 6.54 Å². The minimum Gasteiger partial charge on any atom is -0.378 e. The number of morpholine rings is 1. The van der Waals surface area contributed by atoms with Crippen molar-refractivity contribution in [1.82, 2.24) is 4.90 Å². The molecule has 0 aliphatic carbocycles. The predicted molar refractivity (Wildman–Crippen MR) is 91.7 cm³/mol. The molecule has 1 aliphatic rings. The molecule has 24 heavy (non-hydrogen) atoms. The van der Waals surface area contributed by atoms with E-state index in [0.717, 1.165) is 37.6 Å². The molecule has 126 valence electrons. The first kappa shape index (κ1) is 16.5. The summed E-state index contributed by atoms with van der Waals surface area (Å²) in [6, 6.07) is 14.2. The molecule has 5 heteroatoms. The van der Waals surface area contributed by atoms with E-state index in [1.807, 2.05) is 12.1 Å². The van der Waals surface area contributed by atoms with Gasteiger partial charge in [0.25, 0.3) is 5.91 Å². The van der Waals surface area contributed by atoms with Crippen molar-refractivity contribution in [3.05, 3.63) is 65.5 Å². The molecule has 3 rings (SSSR count). The van der Waals surface area contributed by atoms with Crippen LogP contribution in [0, 0.1) is 5.82 Å². The van der Waals surface area contributed by atoms with Gasteiger partial charge in [-0.2, -0.15) is 0 Å². The van der Waals surface area contributed by atoms with Crippen molar-refractivity contribution >= 4 is 11.6 Å². The maximum Gasteiger partial charge on any atom is 0.256 e. The van der Waals surface area contributed by atoms with Gasteiger partial charge in [-0.3, -0.25) is 4.79 Å². The van der Waals surface area contributed by atoms with Crippen LogP contribution >= 0.6 is 0 Å². The molecule has 0 spiro atoms. The number of carbonyl (C=O) groups is 1. The van der Waals surface area contributed by atoms with Crippen LogP contribution in [0.4, 0.5) is 10.1 Å². The molecule has 0 saturated carbocycles. The summed E-state index contributed by atoms with van der Waals surface area (Å²) < 4.78 is 19.1. The molecule has 0 bridgehead atoms. The summed E-state index contributed by atoms with van der Waals surface area (Å²) >= 11 is 0. The summed E-state index contributed by atoms with van der Waals surface area (Å²) in [5.74, 6) is -0.803. The third kappa shape index (κ3) is 3.74. The minimum atomic E-state index is -0.489. The molecule has 1 amide bonds. The molecule has 0 atom stereocenters. The fourth-order valence-electron chi connectivity index (χ4n) is 2.82. The van der Waals surface area contributed by atoms with Crippen molar-refractivity contribution in [2.75, 3.05) is 38.3 Å². The van der Waals surface area contributed by atoms with E-state index in [0.29, 0.717) is 6.54 Å². The van der Waals surface area contributed by atoms with Crippen LogP contribution in [0.5, 0.6) is 0 Å². The number of amides is 1. The number of hydrogen-bond acceptors (Lipinski definition) is 3. The maximum atomic E-state index is 13.7. The predicted octanol–water partition coefficient (Wildman–Crippen LogP) is 2.93. The van der Waals surface area contributed by atoms with E-state index in [1.165, 1.54) is 17.0 Å². The topological polar surface area (TPSA) is 32.8 Å². The number of nitrogens with zero attached hydrogens (tertiary/aromatic N) is 2. The van der Waals surface area contributed by atoms with E-state index < -0.39 is 5.82 Å². The molecule has 1 saturated heterocycles. The fourth-order valence-corrected chi connectivity index (χ4v) is 2.82. The van der Waals surface area contributed by atoms with Gasteiger partial charge in [-0.05, 0) is 29.8 Å². The van der Waals surface area contributed by atoms with Gasteiger partial charge in [0.1, 0.15) is 5.82 Å². The van der Waals surface area contributed by atoms with Crippen molar-refractivity contribution < 1.29 is 13.9 Å². The second-order valence-electron chi connectivity index (χ2n) is 5.91. The highest BCUT2D eigenvalue weighted by atomic mass is 19.1. The van der Waals surface area contributed by atoms with Gasteiger partial charge in [-0.25, -0.2) is 4.39 Å². The molecule has 2 aromatic rings. The Balaban J connectivity index is 1.65. The summed E-state index contributed by atoms with van der Waals surface area (Å²) in [6.45, 7) is 3.73. The van der Waals surface area contributed by atoms with Crippen molar-refractivity contribution in [3.63, 3.8) is 0 Å². The second kappa shape index (κ2) is 7.45. The van der Waals surface area contributed by atoms with Crippen LogP contribution in [-0.4, -0.2) is 44.2 Å². The number of rotatable bonds is 4. The Hall–Kier alpha value is -2.40. The number of anilines is 1. The average molecular weight is 328 g/mol. The largest absolute Gasteiger partial charge is 0.378 e. The summed E-state index contributed by atoms with van der Waals surface area (Å²) in [5, 5.41) is 0. The van der Waals surface area contributed by atoms with Gasteiger partial charge in [-0.1, -0.05) is 24.3 Å². The Bertz CT molecular complexity index is 697. The van der Waals surface area contributed by atoms with Gasteiger partial charge in [0, 0.05) is 32.4 Å². The minimum absolute atomic E-state index is 0.102. The number of carbonyl (C=O) groups excluding carboxylic acids is 1. The molecule has 0 unspecified atom stereocenters. The summed E-state index contributed by atoms with van der Waals surface area (Å²) in [7, 11) is 1.69. The van der Waals surface area contributed by atoms with E-state index in [2.05, 4.69) is 17.0 Å². The Morgan fingerprint density at radius 2 is 1.79 bits per heavy atom. The smallest absolute Gasteiger partial charge is 0.256 e. The van der Waals surface area contributed by atoms with Crippen molar-refractivity contribution in [2.24, 2.45) is 0 Å². The maximum absolute atomic E-state index is 13.7. The molecule has 0 aromatic heterocycles. The zero-order valence-electron chi connectivity index (χ0n) is 13.7. The normalized spacial score (nSPS) is 14.5. The first-order valence-electron chi connectivity index (χ1n) is 8.07. The van der Waals surface area contributed by atoms with E-state index in [1.54, 1.807) is 19.2 Å². The second-order valence-corrected chi connectivity index (χ2v) is 5.91. The lowest BCUT2D eigenvalue weighted by Crippen LogP contribution is -2.36. The zero-order chi connectivity index (χ0) is 16.9. The van der Waals surface area contributed by atoms with E-state index in [4.69, 9.17) is 4.74 Å². The van der Waals surface area contributed by atoms with Gasteiger partial charge in [0.15, 0.2) is 0 Å². The molecule has 2 aromatic carbocycles. The molecule has 4 nitrogen and oxygen atoms in total. The van der Waals surface area contributed by atoms with Crippen molar-refractivity contribution in [1.29, 1.82) is 0 Å².